The summed E-state index contributed by atoms with van der Waals surface area (Å²) in [5, 5.41) is 3.21. The van der Waals surface area contributed by atoms with Gasteiger partial charge in [0, 0.05) is 17.1 Å². The molecule has 0 bridgehead atoms. The minimum atomic E-state index is -0.545. The van der Waals surface area contributed by atoms with Crippen LogP contribution >= 0.6 is 11.6 Å². The van der Waals surface area contributed by atoms with Crippen LogP contribution in [0.25, 0.3) is 0 Å². The van der Waals surface area contributed by atoms with Crippen molar-refractivity contribution < 1.29 is 14.3 Å². The third kappa shape index (κ3) is 5.75. The molecule has 0 spiro atoms. The lowest BCUT2D eigenvalue weighted by atomic mass is 10.1. The van der Waals surface area contributed by atoms with Crippen LogP contribution in [0.2, 0.25) is 5.02 Å². The third-order valence-electron chi connectivity index (χ3n) is 2.22. The van der Waals surface area contributed by atoms with Crippen LogP contribution in [0.3, 0.4) is 0 Å². The molecule has 1 N–H and O–H groups in total. The molecule has 0 heterocycles. The number of hydrogen-bond donors (Lipinski definition) is 1. The standard InChI is InChI=1S/C14H18ClNO3/c1-14(2,3)19-13(18)16-11-6-7-12(15)10(9-11)5-4-8-17/h6-9H,4-5H2,1-3H3,(H,16,18). The number of carbonyl (C=O) groups is 2. The van der Waals surface area contributed by atoms with Crippen LogP contribution in [-0.2, 0) is 16.0 Å². The highest BCUT2D eigenvalue weighted by Crippen LogP contribution is 2.22. The minimum Gasteiger partial charge on any atom is -0.444 e. The fraction of sp³-hybridized carbons (Fsp3) is 0.429. The lowest BCUT2D eigenvalue weighted by molar-refractivity contribution is -0.107. The molecule has 104 valence electrons. The average molecular weight is 284 g/mol. The molecule has 0 aromatic heterocycles. The number of halogens is 1. The van der Waals surface area contributed by atoms with Gasteiger partial charge < -0.3 is 9.53 Å². The number of anilines is 1. The second-order valence-corrected chi connectivity index (χ2v) is 5.55. The highest BCUT2D eigenvalue weighted by Gasteiger charge is 2.16. The Kier molecular flexibility index (Phi) is 5.36. The van der Waals surface area contributed by atoms with Gasteiger partial charge in [-0.2, -0.15) is 0 Å². The van der Waals surface area contributed by atoms with Crippen molar-refractivity contribution >= 4 is 29.7 Å². The first-order valence-electron chi connectivity index (χ1n) is 6.04. The van der Waals surface area contributed by atoms with Crippen molar-refractivity contribution in [3.63, 3.8) is 0 Å². The van der Waals surface area contributed by atoms with Gasteiger partial charge in [-0.15, -0.1) is 0 Å². The molecule has 1 rings (SSSR count). The number of ether oxygens (including phenoxy) is 1. The predicted octanol–water partition coefficient (Wildman–Crippen LogP) is 3.82. The molecule has 0 saturated heterocycles. The highest BCUT2D eigenvalue weighted by molar-refractivity contribution is 6.31. The molecule has 1 aromatic carbocycles. The first kappa shape index (κ1) is 15.5. The zero-order valence-electron chi connectivity index (χ0n) is 11.3. The number of aldehydes is 1. The summed E-state index contributed by atoms with van der Waals surface area (Å²) in [7, 11) is 0. The van der Waals surface area contributed by atoms with E-state index in [2.05, 4.69) is 5.32 Å². The van der Waals surface area contributed by atoms with Crippen molar-refractivity contribution in [3.05, 3.63) is 28.8 Å². The topological polar surface area (TPSA) is 55.4 Å². The number of hydrogen-bond acceptors (Lipinski definition) is 3. The lowest BCUT2D eigenvalue weighted by Gasteiger charge is -2.19. The summed E-state index contributed by atoms with van der Waals surface area (Å²) >= 11 is 6.02. The van der Waals surface area contributed by atoms with Gasteiger partial charge in [-0.1, -0.05) is 11.6 Å². The second kappa shape index (κ2) is 6.57. The minimum absolute atomic E-state index is 0.398. The molecule has 4 nitrogen and oxygen atoms in total. The Hall–Kier alpha value is -1.55. The van der Waals surface area contributed by atoms with Gasteiger partial charge in [0.05, 0.1) is 0 Å². The van der Waals surface area contributed by atoms with E-state index in [1.807, 2.05) is 0 Å². The van der Waals surface area contributed by atoms with Gasteiger partial charge in [0.1, 0.15) is 11.9 Å². The number of benzene rings is 1. The Morgan fingerprint density at radius 3 is 2.68 bits per heavy atom. The summed E-state index contributed by atoms with van der Waals surface area (Å²) in [5.74, 6) is 0. The molecular weight excluding hydrogens is 266 g/mol. The van der Waals surface area contributed by atoms with Crippen LogP contribution in [0.1, 0.15) is 32.8 Å². The Balaban J connectivity index is 2.73. The first-order chi connectivity index (χ1) is 8.81. The predicted molar refractivity (Wildman–Crippen MR) is 75.7 cm³/mol. The van der Waals surface area contributed by atoms with Gasteiger partial charge >= 0.3 is 6.09 Å². The Morgan fingerprint density at radius 1 is 1.42 bits per heavy atom. The second-order valence-electron chi connectivity index (χ2n) is 5.14. The smallest absolute Gasteiger partial charge is 0.412 e. The number of aryl methyl sites for hydroxylation is 1. The summed E-state index contributed by atoms with van der Waals surface area (Å²) < 4.78 is 5.15. The molecular formula is C14H18ClNO3. The Bertz CT molecular complexity index is 466. The van der Waals surface area contributed by atoms with E-state index in [1.165, 1.54) is 0 Å². The van der Waals surface area contributed by atoms with Crippen molar-refractivity contribution in [1.82, 2.24) is 0 Å². The van der Waals surface area contributed by atoms with Crippen molar-refractivity contribution in [2.45, 2.75) is 39.2 Å². The van der Waals surface area contributed by atoms with Crippen molar-refractivity contribution in [2.75, 3.05) is 5.32 Å². The van der Waals surface area contributed by atoms with Gasteiger partial charge in [-0.3, -0.25) is 5.32 Å². The summed E-state index contributed by atoms with van der Waals surface area (Å²) in [6.45, 7) is 5.39. The molecule has 1 amide bonds. The van der Waals surface area contributed by atoms with Gasteiger partial charge in [-0.05, 0) is 51.0 Å². The number of carbonyl (C=O) groups excluding carboxylic acids is 2. The Morgan fingerprint density at radius 2 is 2.11 bits per heavy atom. The van der Waals surface area contributed by atoms with E-state index in [1.54, 1.807) is 39.0 Å². The van der Waals surface area contributed by atoms with Gasteiger partial charge in [0.2, 0.25) is 0 Å². The fourth-order valence-corrected chi connectivity index (χ4v) is 1.69. The number of nitrogens with one attached hydrogen (secondary N) is 1. The van der Waals surface area contributed by atoms with Gasteiger partial charge in [0.15, 0.2) is 0 Å². The van der Waals surface area contributed by atoms with Gasteiger partial charge in [-0.25, -0.2) is 4.79 Å². The molecule has 0 aliphatic carbocycles. The number of amides is 1. The third-order valence-corrected chi connectivity index (χ3v) is 2.59. The van der Waals surface area contributed by atoms with E-state index in [0.29, 0.717) is 23.6 Å². The van der Waals surface area contributed by atoms with Gasteiger partial charge in [0.25, 0.3) is 0 Å². The SMILES string of the molecule is CC(C)(C)OC(=O)Nc1ccc(Cl)c(CCC=O)c1. The van der Waals surface area contributed by atoms with Crippen LogP contribution < -0.4 is 5.32 Å². The summed E-state index contributed by atoms with van der Waals surface area (Å²) in [5.41, 5.74) is 0.874. The van der Waals surface area contributed by atoms with Crippen molar-refractivity contribution in [1.29, 1.82) is 0 Å². The number of rotatable bonds is 4. The van der Waals surface area contributed by atoms with Crippen LogP contribution in [0.5, 0.6) is 0 Å². The van der Waals surface area contributed by atoms with Crippen LogP contribution in [0.4, 0.5) is 10.5 Å². The average Bonchev–Trinajstić information content (AvgIpc) is 2.27. The lowest BCUT2D eigenvalue weighted by Crippen LogP contribution is -2.27. The van der Waals surface area contributed by atoms with E-state index < -0.39 is 11.7 Å². The molecule has 0 fully saturated rings. The largest absolute Gasteiger partial charge is 0.444 e. The maximum absolute atomic E-state index is 11.6. The van der Waals surface area contributed by atoms with Crippen molar-refractivity contribution in [2.24, 2.45) is 0 Å². The maximum atomic E-state index is 11.6. The summed E-state index contributed by atoms with van der Waals surface area (Å²) in [6, 6.07) is 5.13. The maximum Gasteiger partial charge on any atom is 0.412 e. The van der Waals surface area contributed by atoms with E-state index in [-0.39, 0.29) is 0 Å². The van der Waals surface area contributed by atoms with Crippen LogP contribution in [0, 0.1) is 0 Å². The molecule has 1 aromatic rings. The van der Waals surface area contributed by atoms with E-state index in [4.69, 9.17) is 16.3 Å². The quantitative estimate of drug-likeness (QED) is 0.855. The zero-order chi connectivity index (χ0) is 14.5. The summed E-state index contributed by atoms with van der Waals surface area (Å²) in [4.78, 5) is 22.0. The highest BCUT2D eigenvalue weighted by atomic mass is 35.5. The molecule has 0 aliphatic heterocycles. The normalized spacial score (nSPS) is 10.9. The molecule has 5 heteroatoms. The van der Waals surface area contributed by atoms with Crippen LogP contribution in [-0.4, -0.2) is 18.0 Å². The molecule has 19 heavy (non-hydrogen) atoms. The van der Waals surface area contributed by atoms with E-state index in [9.17, 15) is 9.59 Å². The molecule has 0 unspecified atom stereocenters. The summed E-state index contributed by atoms with van der Waals surface area (Å²) in [6.07, 6.45) is 1.27. The molecule has 0 atom stereocenters. The first-order valence-corrected chi connectivity index (χ1v) is 6.41. The Labute approximate surface area is 118 Å². The zero-order valence-corrected chi connectivity index (χ0v) is 12.1. The molecule has 0 radical (unpaired) electrons. The molecule has 0 saturated carbocycles. The van der Waals surface area contributed by atoms with E-state index >= 15 is 0 Å². The van der Waals surface area contributed by atoms with E-state index in [0.717, 1.165) is 11.8 Å². The monoisotopic (exact) mass is 283 g/mol. The molecule has 0 aliphatic rings. The van der Waals surface area contributed by atoms with Crippen LogP contribution in [0.15, 0.2) is 18.2 Å². The van der Waals surface area contributed by atoms with Crippen molar-refractivity contribution in [3.8, 4) is 0 Å². The fourth-order valence-electron chi connectivity index (χ4n) is 1.48.